The molecule has 7 heteroatoms. The summed E-state index contributed by atoms with van der Waals surface area (Å²) in [7, 11) is 0. The zero-order valence-electron chi connectivity index (χ0n) is 14.7. The summed E-state index contributed by atoms with van der Waals surface area (Å²) in [5.41, 5.74) is 0.503. The number of benzene rings is 1. The Kier molecular flexibility index (Phi) is 4.94. The highest BCUT2D eigenvalue weighted by molar-refractivity contribution is 6.32. The van der Waals surface area contributed by atoms with Crippen LogP contribution in [-0.2, 0) is 4.79 Å². The molecule has 0 N–H and O–H groups in total. The van der Waals surface area contributed by atoms with E-state index in [4.69, 9.17) is 21.1 Å². The highest BCUT2D eigenvalue weighted by Crippen LogP contribution is 2.38. The zero-order chi connectivity index (χ0) is 18.1. The molecular formula is C19H23ClN2O4. The predicted octanol–water partition coefficient (Wildman–Crippen LogP) is 2.59. The van der Waals surface area contributed by atoms with Gasteiger partial charge in [0, 0.05) is 37.7 Å². The molecule has 1 aromatic rings. The van der Waals surface area contributed by atoms with Gasteiger partial charge in [0.15, 0.2) is 11.5 Å². The molecule has 0 aliphatic carbocycles. The maximum atomic E-state index is 12.8. The molecule has 0 radical (unpaired) electrons. The summed E-state index contributed by atoms with van der Waals surface area (Å²) < 4.78 is 11.1. The summed E-state index contributed by atoms with van der Waals surface area (Å²) in [6, 6.07) is 3.34. The van der Waals surface area contributed by atoms with E-state index in [2.05, 4.69) is 0 Å². The molecular weight excluding hydrogens is 356 g/mol. The summed E-state index contributed by atoms with van der Waals surface area (Å²) in [5, 5.41) is 0.393. The largest absolute Gasteiger partial charge is 0.486 e. The molecule has 0 aromatic heterocycles. The molecule has 26 heavy (non-hydrogen) atoms. The van der Waals surface area contributed by atoms with Gasteiger partial charge in [0.05, 0.1) is 5.02 Å². The van der Waals surface area contributed by atoms with Crippen molar-refractivity contribution in [2.75, 3.05) is 39.4 Å². The third-order valence-electron chi connectivity index (χ3n) is 5.39. The first-order valence-corrected chi connectivity index (χ1v) is 9.68. The lowest BCUT2D eigenvalue weighted by Gasteiger charge is -2.33. The van der Waals surface area contributed by atoms with Gasteiger partial charge in [-0.2, -0.15) is 0 Å². The Labute approximate surface area is 158 Å². The lowest BCUT2D eigenvalue weighted by molar-refractivity contribution is -0.135. The van der Waals surface area contributed by atoms with Gasteiger partial charge in [-0.1, -0.05) is 11.6 Å². The maximum absolute atomic E-state index is 12.8. The van der Waals surface area contributed by atoms with E-state index in [0.29, 0.717) is 48.4 Å². The number of fused-ring (bicyclic) bond motifs is 1. The van der Waals surface area contributed by atoms with Gasteiger partial charge >= 0.3 is 0 Å². The molecule has 2 fully saturated rings. The molecule has 3 heterocycles. The number of rotatable bonds is 2. The number of carbonyl (C=O) groups excluding carboxylic acids is 2. The Morgan fingerprint density at radius 2 is 1.65 bits per heavy atom. The molecule has 2 amide bonds. The Morgan fingerprint density at radius 1 is 0.962 bits per heavy atom. The number of ether oxygens (including phenoxy) is 2. The predicted molar refractivity (Wildman–Crippen MR) is 96.9 cm³/mol. The van der Waals surface area contributed by atoms with Gasteiger partial charge < -0.3 is 19.3 Å². The van der Waals surface area contributed by atoms with Crippen LogP contribution in [0.5, 0.6) is 11.5 Å². The molecule has 1 aromatic carbocycles. The highest BCUT2D eigenvalue weighted by atomic mass is 35.5. The highest BCUT2D eigenvalue weighted by Gasteiger charge is 2.32. The van der Waals surface area contributed by atoms with Gasteiger partial charge in [-0.15, -0.1) is 0 Å². The minimum atomic E-state index is -0.0732. The third-order valence-corrected chi connectivity index (χ3v) is 5.67. The van der Waals surface area contributed by atoms with Crippen LogP contribution in [0, 0.1) is 5.92 Å². The average Bonchev–Trinajstić information content (AvgIpc) is 3.22. The molecule has 0 bridgehead atoms. The van der Waals surface area contributed by atoms with E-state index < -0.39 is 0 Å². The number of likely N-dealkylation sites (tertiary alicyclic amines) is 2. The first-order valence-electron chi connectivity index (χ1n) is 9.30. The molecule has 0 unspecified atom stereocenters. The molecule has 3 aliphatic rings. The van der Waals surface area contributed by atoms with Crippen molar-refractivity contribution in [1.29, 1.82) is 0 Å². The van der Waals surface area contributed by atoms with E-state index in [1.54, 1.807) is 17.0 Å². The number of piperidine rings is 1. The number of hydrogen-bond acceptors (Lipinski definition) is 4. The quantitative estimate of drug-likeness (QED) is 0.793. The van der Waals surface area contributed by atoms with Crippen LogP contribution >= 0.6 is 11.6 Å². The molecule has 0 spiro atoms. The van der Waals surface area contributed by atoms with Crippen LogP contribution in [0.15, 0.2) is 12.1 Å². The zero-order valence-corrected chi connectivity index (χ0v) is 15.5. The van der Waals surface area contributed by atoms with Gasteiger partial charge in [-0.3, -0.25) is 9.59 Å². The Morgan fingerprint density at radius 3 is 2.38 bits per heavy atom. The lowest BCUT2D eigenvalue weighted by Crippen LogP contribution is -2.43. The standard InChI is InChI=1S/C19H23ClN2O4/c20-15-11-14(12-16-17(15)26-10-9-25-16)19(24)22-7-3-13(4-8-22)18(23)21-5-1-2-6-21/h11-13H,1-10H2. The Bertz CT molecular complexity index is 710. The van der Waals surface area contributed by atoms with E-state index >= 15 is 0 Å². The number of carbonyl (C=O) groups is 2. The second-order valence-corrected chi connectivity index (χ2v) is 7.49. The van der Waals surface area contributed by atoms with Crippen LogP contribution in [0.25, 0.3) is 0 Å². The first kappa shape index (κ1) is 17.5. The summed E-state index contributed by atoms with van der Waals surface area (Å²) >= 11 is 6.24. The van der Waals surface area contributed by atoms with Crippen molar-refractivity contribution < 1.29 is 19.1 Å². The van der Waals surface area contributed by atoms with Gasteiger partial charge in [0.25, 0.3) is 5.91 Å². The van der Waals surface area contributed by atoms with Crippen molar-refractivity contribution in [2.45, 2.75) is 25.7 Å². The number of nitrogens with zero attached hydrogens (tertiary/aromatic N) is 2. The van der Waals surface area contributed by atoms with Gasteiger partial charge in [-0.05, 0) is 37.8 Å². The third kappa shape index (κ3) is 3.34. The topological polar surface area (TPSA) is 59.1 Å². The average molecular weight is 379 g/mol. The van der Waals surface area contributed by atoms with Crippen molar-refractivity contribution in [3.63, 3.8) is 0 Å². The SMILES string of the molecule is O=C(c1cc(Cl)c2c(c1)OCCO2)N1CCC(C(=O)N2CCCC2)CC1. The van der Waals surface area contributed by atoms with Crippen LogP contribution in [0.3, 0.4) is 0 Å². The van der Waals surface area contributed by atoms with Crippen LogP contribution in [0.2, 0.25) is 5.02 Å². The second kappa shape index (κ2) is 7.35. The van der Waals surface area contributed by atoms with E-state index in [1.807, 2.05) is 4.90 Å². The lowest BCUT2D eigenvalue weighted by atomic mass is 9.95. The maximum Gasteiger partial charge on any atom is 0.254 e. The van der Waals surface area contributed by atoms with E-state index in [9.17, 15) is 9.59 Å². The van der Waals surface area contributed by atoms with E-state index in [-0.39, 0.29) is 17.7 Å². The Balaban J connectivity index is 1.40. The summed E-state index contributed by atoms with van der Waals surface area (Å²) in [6.45, 7) is 3.86. The summed E-state index contributed by atoms with van der Waals surface area (Å²) in [4.78, 5) is 29.1. The number of hydrogen-bond donors (Lipinski definition) is 0. The van der Waals surface area contributed by atoms with Crippen molar-refractivity contribution >= 4 is 23.4 Å². The molecule has 2 saturated heterocycles. The van der Waals surface area contributed by atoms with Gasteiger partial charge in [0.2, 0.25) is 5.91 Å². The normalized spacial score (nSPS) is 20.3. The van der Waals surface area contributed by atoms with Crippen molar-refractivity contribution in [3.05, 3.63) is 22.7 Å². The molecule has 0 atom stereocenters. The van der Waals surface area contributed by atoms with Crippen molar-refractivity contribution in [3.8, 4) is 11.5 Å². The molecule has 4 rings (SSSR count). The van der Waals surface area contributed by atoms with Crippen molar-refractivity contribution in [2.24, 2.45) is 5.92 Å². The second-order valence-electron chi connectivity index (χ2n) is 7.08. The number of halogens is 1. The van der Waals surface area contributed by atoms with Gasteiger partial charge in [0.1, 0.15) is 13.2 Å². The molecule has 140 valence electrons. The summed E-state index contributed by atoms with van der Waals surface area (Å²) in [6.07, 6.45) is 3.65. The molecule has 6 nitrogen and oxygen atoms in total. The monoisotopic (exact) mass is 378 g/mol. The minimum absolute atomic E-state index is 0.0426. The van der Waals surface area contributed by atoms with Crippen LogP contribution in [-0.4, -0.2) is 61.0 Å². The van der Waals surface area contributed by atoms with Crippen LogP contribution < -0.4 is 9.47 Å². The summed E-state index contributed by atoms with van der Waals surface area (Å²) in [5.74, 6) is 1.25. The van der Waals surface area contributed by atoms with E-state index in [0.717, 1.165) is 38.8 Å². The van der Waals surface area contributed by atoms with E-state index in [1.165, 1.54) is 0 Å². The van der Waals surface area contributed by atoms with Gasteiger partial charge in [-0.25, -0.2) is 0 Å². The smallest absolute Gasteiger partial charge is 0.254 e. The molecule has 3 aliphatic heterocycles. The number of amides is 2. The first-order chi connectivity index (χ1) is 12.6. The minimum Gasteiger partial charge on any atom is -0.486 e. The fourth-order valence-corrected chi connectivity index (χ4v) is 4.21. The Hall–Kier alpha value is -1.95. The van der Waals surface area contributed by atoms with Crippen molar-refractivity contribution in [1.82, 2.24) is 9.80 Å². The fourth-order valence-electron chi connectivity index (χ4n) is 3.94. The molecule has 0 saturated carbocycles. The van der Waals surface area contributed by atoms with Crippen LogP contribution in [0.4, 0.5) is 0 Å². The fraction of sp³-hybridized carbons (Fsp3) is 0.579. The van der Waals surface area contributed by atoms with Crippen LogP contribution in [0.1, 0.15) is 36.0 Å².